The van der Waals surface area contributed by atoms with Crippen molar-refractivity contribution in [3.63, 3.8) is 0 Å². The maximum Gasteiger partial charge on any atom is 0.251 e. The van der Waals surface area contributed by atoms with Crippen LogP contribution in [-0.4, -0.2) is 5.91 Å². The maximum absolute atomic E-state index is 12.3. The fraction of sp³-hybridized carbons (Fsp3) is 0.278. The van der Waals surface area contributed by atoms with Gasteiger partial charge in [0.05, 0.1) is 6.04 Å². The number of nitrogens with one attached hydrogen (secondary N) is 1. The molecule has 0 bridgehead atoms. The molecule has 0 radical (unpaired) electrons. The molecule has 0 fully saturated rings. The lowest BCUT2D eigenvalue weighted by Gasteiger charge is -2.17. The van der Waals surface area contributed by atoms with Crippen LogP contribution in [0.15, 0.2) is 40.9 Å². The molecule has 2 aromatic carbocycles. The van der Waals surface area contributed by atoms with E-state index in [0.29, 0.717) is 5.56 Å². The number of benzene rings is 2. The lowest BCUT2D eigenvalue weighted by Crippen LogP contribution is -2.27. The first-order valence-electron chi connectivity index (χ1n) is 7.02. The van der Waals surface area contributed by atoms with Gasteiger partial charge in [0.2, 0.25) is 0 Å². The summed E-state index contributed by atoms with van der Waals surface area (Å²) in [5.74, 6) is -0.0526. The Hall–Kier alpha value is -1.61. The SMILES string of the molecule is Cc1ccc(C(C)NC(=O)c2ccc(C)c(Br)c2)c(C)c1. The number of carbonyl (C=O) groups is 1. The van der Waals surface area contributed by atoms with E-state index >= 15 is 0 Å². The second-order valence-electron chi connectivity index (χ2n) is 5.52. The molecule has 0 aromatic heterocycles. The van der Waals surface area contributed by atoms with Gasteiger partial charge in [-0.15, -0.1) is 0 Å². The average Bonchev–Trinajstić information content (AvgIpc) is 2.41. The summed E-state index contributed by atoms with van der Waals surface area (Å²) in [7, 11) is 0. The first-order chi connectivity index (χ1) is 9.88. The van der Waals surface area contributed by atoms with Gasteiger partial charge < -0.3 is 5.32 Å². The molecule has 1 atom stereocenters. The van der Waals surface area contributed by atoms with Crippen molar-refractivity contribution in [2.24, 2.45) is 0 Å². The van der Waals surface area contributed by atoms with Crippen LogP contribution in [0.4, 0.5) is 0 Å². The summed E-state index contributed by atoms with van der Waals surface area (Å²) in [6.45, 7) is 8.17. The average molecular weight is 346 g/mol. The first-order valence-corrected chi connectivity index (χ1v) is 7.82. The van der Waals surface area contributed by atoms with Gasteiger partial charge in [-0.25, -0.2) is 0 Å². The molecule has 0 aliphatic rings. The van der Waals surface area contributed by atoms with Crippen LogP contribution in [0.3, 0.4) is 0 Å². The molecule has 1 N–H and O–H groups in total. The molecule has 3 heteroatoms. The highest BCUT2D eigenvalue weighted by Crippen LogP contribution is 2.21. The van der Waals surface area contributed by atoms with Crippen LogP contribution in [0, 0.1) is 20.8 Å². The van der Waals surface area contributed by atoms with Crippen LogP contribution in [0.5, 0.6) is 0 Å². The molecule has 0 heterocycles. The minimum atomic E-state index is -0.0526. The number of hydrogen-bond acceptors (Lipinski definition) is 1. The Morgan fingerprint density at radius 2 is 1.76 bits per heavy atom. The smallest absolute Gasteiger partial charge is 0.251 e. The maximum atomic E-state index is 12.3. The zero-order valence-electron chi connectivity index (χ0n) is 12.8. The monoisotopic (exact) mass is 345 g/mol. The van der Waals surface area contributed by atoms with Crippen LogP contribution in [0.2, 0.25) is 0 Å². The lowest BCUT2D eigenvalue weighted by atomic mass is 10.00. The summed E-state index contributed by atoms with van der Waals surface area (Å²) in [4.78, 5) is 12.3. The van der Waals surface area contributed by atoms with Crippen LogP contribution < -0.4 is 5.32 Å². The Morgan fingerprint density at radius 3 is 2.38 bits per heavy atom. The molecule has 0 aliphatic carbocycles. The first kappa shape index (κ1) is 15.8. The van der Waals surface area contributed by atoms with E-state index < -0.39 is 0 Å². The molecule has 2 aromatic rings. The van der Waals surface area contributed by atoms with Crippen molar-refractivity contribution >= 4 is 21.8 Å². The van der Waals surface area contributed by atoms with Gasteiger partial charge in [0.1, 0.15) is 0 Å². The second kappa shape index (κ2) is 6.44. The molecule has 0 spiro atoms. The molecular formula is C18H20BrNO. The van der Waals surface area contributed by atoms with Crippen molar-refractivity contribution in [3.05, 3.63) is 68.7 Å². The molecular weight excluding hydrogens is 326 g/mol. The van der Waals surface area contributed by atoms with Crippen LogP contribution >= 0.6 is 15.9 Å². The van der Waals surface area contributed by atoms with Crippen molar-refractivity contribution in [1.29, 1.82) is 0 Å². The van der Waals surface area contributed by atoms with Gasteiger partial charge in [-0.3, -0.25) is 4.79 Å². The third-order valence-electron chi connectivity index (χ3n) is 3.67. The number of carbonyl (C=O) groups excluding carboxylic acids is 1. The molecule has 0 saturated carbocycles. The summed E-state index contributed by atoms with van der Waals surface area (Å²) in [5.41, 5.74) is 5.38. The molecule has 2 rings (SSSR count). The predicted molar refractivity (Wildman–Crippen MR) is 90.7 cm³/mol. The summed E-state index contributed by atoms with van der Waals surface area (Å²) < 4.78 is 0.953. The Balaban J connectivity index is 2.16. The standard InChI is InChI=1S/C18H20BrNO/c1-11-5-8-16(13(3)9-11)14(4)20-18(21)15-7-6-12(2)17(19)10-15/h5-10,14H,1-4H3,(H,20,21). The van der Waals surface area contributed by atoms with Gasteiger partial charge in [-0.05, 0) is 56.5 Å². The highest BCUT2D eigenvalue weighted by molar-refractivity contribution is 9.10. The number of amides is 1. The van der Waals surface area contributed by atoms with E-state index in [1.54, 1.807) is 0 Å². The van der Waals surface area contributed by atoms with Crippen molar-refractivity contribution in [3.8, 4) is 0 Å². The zero-order valence-corrected chi connectivity index (χ0v) is 14.4. The third-order valence-corrected chi connectivity index (χ3v) is 4.53. The molecule has 0 saturated heterocycles. The van der Waals surface area contributed by atoms with Crippen LogP contribution in [-0.2, 0) is 0 Å². The minimum Gasteiger partial charge on any atom is -0.346 e. The van der Waals surface area contributed by atoms with Crippen LogP contribution in [0.1, 0.15) is 45.6 Å². The normalized spacial score (nSPS) is 12.0. The van der Waals surface area contributed by atoms with E-state index in [1.807, 2.05) is 32.0 Å². The molecule has 110 valence electrons. The Kier molecular flexibility index (Phi) is 4.84. The predicted octanol–water partition coefficient (Wildman–Crippen LogP) is 4.87. The number of halogens is 1. The molecule has 2 nitrogen and oxygen atoms in total. The van der Waals surface area contributed by atoms with Crippen molar-refractivity contribution in [1.82, 2.24) is 5.32 Å². The third kappa shape index (κ3) is 3.73. The van der Waals surface area contributed by atoms with E-state index in [0.717, 1.165) is 15.6 Å². The summed E-state index contributed by atoms with van der Waals surface area (Å²) in [6, 6.07) is 11.9. The second-order valence-corrected chi connectivity index (χ2v) is 6.37. The Morgan fingerprint density at radius 1 is 1.05 bits per heavy atom. The largest absolute Gasteiger partial charge is 0.346 e. The summed E-state index contributed by atoms with van der Waals surface area (Å²) in [6.07, 6.45) is 0. The fourth-order valence-electron chi connectivity index (χ4n) is 2.40. The van der Waals surface area contributed by atoms with E-state index in [-0.39, 0.29) is 11.9 Å². The molecule has 1 unspecified atom stereocenters. The van der Waals surface area contributed by atoms with Crippen molar-refractivity contribution < 1.29 is 4.79 Å². The number of rotatable bonds is 3. The van der Waals surface area contributed by atoms with Crippen molar-refractivity contribution in [2.75, 3.05) is 0 Å². The zero-order chi connectivity index (χ0) is 15.6. The van der Waals surface area contributed by atoms with Gasteiger partial charge in [0, 0.05) is 10.0 Å². The van der Waals surface area contributed by atoms with Crippen molar-refractivity contribution in [2.45, 2.75) is 33.7 Å². The van der Waals surface area contributed by atoms with Gasteiger partial charge in [0.25, 0.3) is 5.91 Å². The van der Waals surface area contributed by atoms with Gasteiger partial charge in [-0.1, -0.05) is 45.8 Å². The van der Waals surface area contributed by atoms with Gasteiger partial charge >= 0.3 is 0 Å². The number of hydrogen-bond donors (Lipinski definition) is 1. The van der Waals surface area contributed by atoms with Gasteiger partial charge in [-0.2, -0.15) is 0 Å². The van der Waals surface area contributed by atoms with Crippen LogP contribution in [0.25, 0.3) is 0 Å². The van der Waals surface area contributed by atoms with E-state index in [4.69, 9.17) is 0 Å². The summed E-state index contributed by atoms with van der Waals surface area (Å²) >= 11 is 3.47. The minimum absolute atomic E-state index is 0.0156. The topological polar surface area (TPSA) is 29.1 Å². The van der Waals surface area contributed by atoms with E-state index in [9.17, 15) is 4.79 Å². The lowest BCUT2D eigenvalue weighted by molar-refractivity contribution is 0.0940. The Labute approximate surface area is 134 Å². The number of aryl methyl sites for hydroxylation is 3. The highest BCUT2D eigenvalue weighted by atomic mass is 79.9. The summed E-state index contributed by atoms with van der Waals surface area (Å²) in [5, 5.41) is 3.06. The van der Waals surface area contributed by atoms with E-state index in [1.165, 1.54) is 11.1 Å². The quantitative estimate of drug-likeness (QED) is 0.844. The fourth-order valence-corrected chi connectivity index (χ4v) is 2.78. The molecule has 1 amide bonds. The highest BCUT2D eigenvalue weighted by Gasteiger charge is 2.13. The molecule has 0 aliphatic heterocycles. The Bertz CT molecular complexity index is 679. The molecule has 21 heavy (non-hydrogen) atoms. The van der Waals surface area contributed by atoms with Gasteiger partial charge in [0.15, 0.2) is 0 Å². The van der Waals surface area contributed by atoms with E-state index in [2.05, 4.69) is 53.3 Å².